The van der Waals surface area contributed by atoms with Crippen LogP contribution in [0.15, 0.2) is 28.8 Å². The van der Waals surface area contributed by atoms with Crippen LogP contribution in [0.5, 0.6) is 0 Å². The summed E-state index contributed by atoms with van der Waals surface area (Å²) in [6.07, 6.45) is 2.33. The van der Waals surface area contributed by atoms with E-state index in [4.69, 9.17) is 4.42 Å². The summed E-state index contributed by atoms with van der Waals surface area (Å²) in [6, 6.07) is 5.31. The summed E-state index contributed by atoms with van der Waals surface area (Å²) in [4.78, 5) is 16.2. The van der Waals surface area contributed by atoms with E-state index in [1.807, 2.05) is 19.9 Å². The first-order chi connectivity index (χ1) is 9.67. The molecular formula is C14H14N4O2. The van der Waals surface area contributed by atoms with Gasteiger partial charge in [-0.15, -0.1) is 0 Å². The molecule has 6 nitrogen and oxygen atoms in total. The predicted molar refractivity (Wildman–Crippen MR) is 74.7 cm³/mol. The van der Waals surface area contributed by atoms with Crippen LogP contribution >= 0.6 is 0 Å². The molecule has 3 aromatic heterocycles. The van der Waals surface area contributed by atoms with Gasteiger partial charge in [-0.25, -0.2) is 4.98 Å². The van der Waals surface area contributed by atoms with Gasteiger partial charge in [0.05, 0.1) is 11.9 Å². The number of aromatic nitrogens is 3. The normalized spacial score (nSPS) is 10.9. The number of carbonyl (C=O) groups excluding carboxylic acids is 1. The monoisotopic (exact) mass is 270 g/mol. The third-order valence-electron chi connectivity index (χ3n) is 3.09. The molecule has 0 aliphatic heterocycles. The summed E-state index contributed by atoms with van der Waals surface area (Å²) < 4.78 is 5.41. The molecule has 0 aliphatic rings. The lowest BCUT2D eigenvalue weighted by atomic mass is 10.2. The maximum absolute atomic E-state index is 12.0. The molecule has 0 fully saturated rings. The molecule has 20 heavy (non-hydrogen) atoms. The number of hydrogen-bond acceptors (Lipinski definition) is 4. The molecule has 1 amide bonds. The number of hydrogen-bond donors (Lipinski definition) is 2. The number of H-pyrrole nitrogens is 1. The fourth-order valence-electron chi connectivity index (χ4n) is 1.97. The number of amides is 1. The van der Waals surface area contributed by atoms with Crippen molar-refractivity contribution in [2.24, 2.45) is 0 Å². The van der Waals surface area contributed by atoms with Gasteiger partial charge < -0.3 is 9.73 Å². The van der Waals surface area contributed by atoms with E-state index in [-0.39, 0.29) is 5.91 Å². The van der Waals surface area contributed by atoms with E-state index in [2.05, 4.69) is 20.5 Å². The van der Waals surface area contributed by atoms with Gasteiger partial charge in [0.2, 0.25) is 0 Å². The number of nitrogens with one attached hydrogen (secondary N) is 2. The molecule has 0 aromatic carbocycles. The van der Waals surface area contributed by atoms with Crippen molar-refractivity contribution in [3.8, 4) is 0 Å². The predicted octanol–water partition coefficient (Wildman–Crippen LogP) is 2.67. The van der Waals surface area contributed by atoms with Crippen molar-refractivity contribution in [3.63, 3.8) is 0 Å². The van der Waals surface area contributed by atoms with E-state index >= 15 is 0 Å². The lowest BCUT2D eigenvalue weighted by Gasteiger charge is -2.02. The Labute approximate surface area is 115 Å². The molecule has 0 saturated carbocycles. The summed E-state index contributed by atoms with van der Waals surface area (Å²) >= 11 is 0. The highest BCUT2D eigenvalue weighted by molar-refractivity contribution is 6.03. The fourth-order valence-corrected chi connectivity index (χ4v) is 1.97. The number of carbonyl (C=O) groups is 1. The van der Waals surface area contributed by atoms with E-state index in [0.29, 0.717) is 17.1 Å². The van der Waals surface area contributed by atoms with Gasteiger partial charge in [0.15, 0.2) is 11.4 Å². The van der Waals surface area contributed by atoms with Crippen molar-refractivity contribution in [3.05, 3.63) is 41.6 Å². The van der Waals surface area contributed by atoms with Crippen molar-refractivity contribution in [1.29, 1.82) is 0 Å². The minimum absolute atomic E-state index is 0.285. The quantitative estimate of drug-likeness (QED) is 0.766. The molecule has 3 rings (SSSR count). The van der Waals surface area contributed by atoms with E-state index in [0.717, 1.165) is 23.3 Å². The first kappa shape index (κ1) is 12.4. The lowest BCUT2D eigenvalue weighted by Crippen LogP contribution is -2.11. The van der Waals surface area contributed by atoms with E-state index in [1.165, 1.54) is 0 Å². The first-order valence-electron chi connectivity index (χ1n) is 6.38. The standard InChI is InChI=1S/C14H14N4O2/c1-3-10-4-5-12(20-10)14(19)16-9-6-11-8(2)17-18-13(11)15-7-9/h4-7H,3H2,1-2H3,(H,16,19)(H,15,17,18). The number of pyridine rings is 1. The van der Waals surface area contributed by atoms with Gasteiger partial charge in [0.25, 0.3) is 5.91 Å². The molecule has 0 radical (unpaired) electrons. The molecule has 0 bridgehead atoms. The topological polar surface area (TPSA) is 83.8 Å². The average molecular weight is 270 g/mol. The Hall–Kier alpha value is -2.63. The molecule has 3 aromatic rings. The second-order valence-corrected chi connectivity index (χ2v) is 4.52. The largest absolute Gasteiger partial charge is 0.456 e. The third kappa shape index (κ3) is 2.16. The van der Waals surface area contributed by atoms with E-state index < -0.39 is 0 Å². The highest BCUT2D eigenvalue weighted by Crippen LogP contribution is 2.18. The minimum atomic E-state index is -0.285. The third-order valence-corrected chi connectivity index (χ3v) is 3.09. The summed E-state index contributed by atoms with van der Waals surface area (Å²) in [5.74, 6) is 0.798. The van der Waals surface area contributed by atoms with Crippen LogP contribution in [0.3, 0.4) is 0 Å². The second-order valence-electron chi connectivity index (χ2n) is 4.52. The van der Waals surface area contributed by atoms with Gasteiger partial charge in [-0.2, -0.15) is 5.10 Å². The van der Waals surface area contributed by atoms with Crippen molar-refractivity contribution in [2.75, 3.05) is 5.32 Å². The van der Waals surface area contributed by atoms with Crippen LogP contribution in [0.1, 0.15) is 28.9 Å². The number of aromatic amines is 1. The highest BCUT2D eigenvalue weighted by atomic mass is 16.3. The Kier molecular flexibility index (Phi) is 2.98. The maximum Gasteiger partial charge on any atom is 0.291 e. The molecule has 102 valence electrons. The number of anilines is 1. The van der Waals surface area contributed by atoms with Crippen LogP contribution in [0, 0.1) is 6.92 Å². The van der Waals surface area contributed by atoms with E-state index in [9.17, 15) is 4.79 Å². The van der Waals surface area contributed by atoms with Crippen LogP contribution < -0.4 is 5.32 Å². The molecule has 0 atom stereocenters. The Bertz CT molecular complexity index is 772. The van der Waals surface area contributed by atoms with Crippen LogP contribution in [-0.2, 0) is 6.42 Å². The highest BCUT2D eigenvalue weighted by Gasteiger charge is 2.12. The zero-order valence-electron chi connectivity index (χ0n) is 11.2. The summed E-state index contributed by atoms with van der Waals surface area (Å²) in [5.41, 5.74) is 2.16. The number of nitrogens with zero attached hydrogens (tertiary/aromatic N) is 2. The molecule has 0 saturated heterocycles. The Morgan fingerprint density at radius 1 is 1.45 bits per heavy atom. The SMILES string of the molecule is CCc1ccc(C(=O)Nc2cnc3n[nH]c(C)c3c2)o1. The molecular weight excluding hydrogens is 256 g/mol. The molecule has 0 aliphatic carbocycles. The van der Waals surface area contributed by atoms with Crippen molar-refractivity contribution < 1.29 is 9.21 Å². The summed E-state index contributed by atoms with van der Waals surface area (Å²) in [6.45, 7) is 3.88. The molecule has 6 heteroatoms. The summed E-state index contributed by atoms with van der Waals surface area (Å²) in [7, 11) is 0. The zero-order valence-corrected chi connectivity index (χ0v) is 11.2. The molecule has 0 spiro atoms. The van der Waals surface area contributed by atoms with Gasteiger partial charge in [-0.1, -0.05) is 6.92 Å². The van der Waals surface area contributed by atoms with Gasteiger partial charge in [0, 0.05) is 17.5 Å². The van der Waals surface area contributed by atoms with Gasteiger partial charge in [0.1, 0.15) is 5.76 Å². The molecule has 0 unspecified atom stereocenters. The number of aryl methyl sites for hydroxylation is 2. The number of furan rings is 1. The van der Waals surface area contributed by atoms with Gasteiger partial charge >= 0.3 is 0 Å². The minimum Gasteiger partial charge on any atom is -0.456 e. The molecule has 3 heterocycles. The Morgan fingerprint density at radius 3 is 3.05 bits per heavy atom. The van der Waals surface area contributed by atoms with Crippen LogP contribution in [0.4, 0.5) is 5.69 Å². The smallest absolute Gasteiger partial charge is 0.291 e. The number of rotatable bonds is 3. The summed E-state index contributed by atoms with van der Waals surface area (Å²) in [5, 5.41) is 10.6. The van der Waals surface area contributed by atoms with Crippen LogP contribution in [0.2, 0.25) is 0 Å². The van der Waals surface area contributed by atoms with E-state index in [1.54, 1.807) is 18.3 Å². The molecule has 2 N–H and O–H groups in total. The number of fused-ring (bicyclic) bond motifs is 1. The zero-order chi connectivity index (χ0) is 14.1. The first-order valence-corrected chi connectivity index (χ1v) is 6.38. The Balaban J connectivity index is 1.84. The lowest BCUT2D eigenvalue weighted by molar-refractivity contribution is 0.0995. The Morgan fingerprint density at radius 2 is 2.30 bits per heavy atom. The average Bonchev–Trinajstić information content (AvgIpc) is 3.06. The van der Waals surface area contributed by atoms with Crippen molar-refractivity contribution in [1.82, 2.24) is 15.2 Å². The van der Waals surface area contributed by atoms with Gasteiger partial charge in [-0.3, -0.25) is 9.89 Å². The fraction of sp³-hybridized carbons (Fsp3) is 0.214. The maximum atomic E-state index is 12.0. The van der Waals surface area contributed by atoms with Crippen LogP contribution in [-0.4, -0.2) is 21.1 Å². The van der Waals surface area contributed by atoms with Gasteiger partial charge in [-0.05, 0) is 25.1 Å². The van der Waals surface area contributed by atoms with Crippen molar-refractivity contribution >= 4 is 22.6 Å². The second kappa shape index (κ2) is 4.80. The van der Waals surface area contributed by atoms with Crippen LogP contribution in [0.25, 0.3) is 11.0 Å². The van der Waals surface area contributed by atoms with Crippen molar-refractivity contribution in [2.45, 2.75) is 20.3 Å².